The van der Waals surface area contributed by atoms with Crippen molar-refractivity contribution in [2.45, 2.75) is 6.04 Å². The Labute approximate surface area is 149 Å². The Balaban J connectivity index is 1.62. The number of piperazine rings is 1. The van der Waals surface area contributed by atoms with Gasteiger partial charge >= 0.3 is 0 Å². The number of hydrogen-bond donors (Lipinski definition) is 0. The standard InChI is InChI=1S/C19H23N3O2S/c1-20(2)25(23,24)22-13-11-21(12-14-22)19-17-9-5-3-7-15(17)16-8-4-6-10-18(16)19/h3-10,19H,11-14H2,1-2H3. The van der Waals surface area contributed by atoms with Crippen molar-refractivity contribution >= 4 is 10.2 Å². The zero-order valence-electron chi connectivity index (χ0n) is 14.6. The van der Waals surface area contributed by atoms with Crippen LogP contribution in [0.15, 0.2) is 48.5 Å². The zero-order valence-corrected chi connectivity index (χ0v) is 15.4. The van der Waals surface area contributed by atoms with Crippen molar-refractivity contribution in [2.75, 3.05) is 40.3 Å². The second-order valence-electron chi connectivity index (χ2n) is 6.80. The number of nitrogens with zero attached hydrogens (tertiary/aromatic N) is 3. The summed E-state index contributed by atoms with van der Waals surface area (Å²) >= 11 is 0. The smallest absolute Gasteiger partial charge is 0.281 e. The first-order valence-corrected chi connectivity index (χ1v) is 10.00. The molecule has 0 N–H and O–H groups in total. The Morgan fingerprint density at radius 3 is 1.80 bits per heavy atom. The van der Waals surface area contributed by atoms with Crippen LogP contribution in [0.1, 0.15) is 17.2 Å². The SMILES string of the molecule is CN(C)S(=O)(=O)N1CCN(C2c3ccccc3-c3ccccc32)CC1. The van der Waals surface area contributed by atoms with Crippen LogP contribution in [0.5, 0.6) is 0 Å². The average molecular weight is 357 g/mol. The number of benzene rings is 2. The third-order valence-electron chi connectivity index (χ3n) is 5.23. The number of hydrogen-bond acceptors (Lipinski definition) is 3. The Morgan fingerprint density at radius 1 is 0.840 bits per heavy atom. The van der Waals surface area contributed by atoms with Crippen LogP contribution in [0, 0.1) is 0 Å². The normalized spacial score (nSPS) is 19.2. The fourth-order valence-electron chi connectivity index (χ4n) is 3.95. The van der Waals surface area contributed by atoms with Gasteiger partial charge in [-0.25, -0.2) is 0 Å². The van der Waals surface area contributed by atoms with Crippen molar-refractivity contribution in [1.29, 1.82) is 0 Å². The number of fused-ring (bicyclic) bond motifs is 3. The van der Waals surface area contributed by atoms with Gasteiger partial charge in [-0.1, -0.05) is 48.5 Å². The quantitative estimate of drug-likeness (QED) is 0.846. The first-order valence-electron chi connectivity index (χ1n) is 8.60. The molecule has 5 nitrogen and oxygen atoms in total. The van der Waals surface area contributed by atoms with E-state index in [1.807, 2.05) is 0 Å². The lowest BCUT2D eigenvalue weighted by Crippen LogP contribution is -2.52. The lowest BCUT2D eigenvalue weighted by Gasteiger charge is -2.38. The van der Waals surface area contributed by atoms with Gasteiger partial charge in [0.2, 0.25) is 0 Å². The summed E-state index contributed by atoms with van der Waals surface area (Å²) in [6, 6.07) is 17.3. The fraction of sp³-hybridized carbons (Fsp3) is 0.368. The van der Waals surface area contributed by atoms with E-state index in [0.29, 0.717) is 13.1 Å². The highest BCUT2D eigenvalue weighted by atomic mass is 32.2. The molecule has 1 heterocycles. The molecule has 0 amide bonds. The molecular formula is C19H23N3O2S. The second kappa shape index (κ2) is 6.21. The highest BCUT2D eigenvalue weighted by Gasteiger charge is 2.36. The topological polar surface area (TPSA) is 43.9 Å². The van der Waals surface area contributed by atoms with Gasteiger partial charge in [0.25, 0.3) is 10.2 Å². The van der Waals surface area contributed by atoms with Crippen LogP contribution < -0.4 is 0 Å². The zero-order chi connectivity index (χ0) is 17.6. The van der Waals surface area contributed by atoms with Crippen molar-refractivity contribution in [3.05, 3.63) is 59.7 Å². The first-order chi connectivity index (χ1) is 12.0. The first kappa shape index (κ1) is 16.7. The Hall–Kier alpha value is -1.73. The third kappa shape index (κ3) is 2.69. The number of rotatable bonds is 3. The molecule has 0 bridgehead atoms. The maximum absolute atomic E-state index is 12.3. The minimum Gasteiger partial charge on any atom is -0.290 e. The van der Waals surface area contributed by atoms with Crippen LogP contribution in [0.2, 0.25) is 0 Å². The van der Waals surface area contributed by atoms with E-state index in [4.69, 9.17) is 0 Å². The molecule has 1 fully saturated rings. The van der Waals surface area contributed by atoms with E-state index >= 15 is 0 Å². The van der Waals surface area contributed by atoms with E-state index in [1.54, 1.807) is 18.4 Å². The van der Waals surface area contributed by atoms with Gasteiger partial charge in [-0.3, -0.25) is 4.90 Å². The molecule has 25 heavy (non-hydrogen) atoms. The van der Waals surface area contributed by atoms with E-state index in [9.17, 15) is 8.42 Å². The van der Waals surface area contributed by atoms with Crippen molar-refractivity contribution in [2.24, 2.45) is 0 Å². The van der Waals surface area contributed by atoms with Gasteiger partial charge in [-0.05, 0) is 22.3 Å². The monoisotopic (exact) mass is 357 g/mol. The molecular weight excluding hydrogens is 334 g/mol. The third-order valence-corrected chi connectivity index (χ3v) is 7.17. The predicted octanol–water partition coefficient (Wildman–Crippen LogP) is 2.18. The summed E-state index contributed by atoms with van der Waals surface area (Å²) in [6.45, 7) is 2.53. The molecule has 0 spiro atoms. The van der Waals surface area contributed by atoms with E-state index in [0.717, 1.165) is 13.1 Å². The largest absolute Gasteiger partial charge is 0.290 e. The van der Waals surface area contributed by atoms with Gasteiger partial charge in [-0.15, -0.1) is 0 Å². The minimum atomic E-state index is -3.33. The molecule has 2 aliphatic rings. The molecule has 6 heteroatoms. The van der Waals surface area contributed by atoms with Crippen molar-refractivity contribution in [3.63, 3.8) is 0 Å². The van der Waals surface area contributed by atoms with Crippen LogP contribution in [0.25, 0.3) is 11.1 Å². The maximum atomic E-state index is 12.3. The molecule has 0 radical (unpaired) electrons. The summed E-state index contributed by atoms with van der Waals surface area (Å²) in [5, 5.41) is 0. The molecule has 2 aromatic rings. The Kier molecular flexibility index (Phi) is 4.16. The van der Waals surface area contributed by atoms with Crippen LogP contribution in [-0.2, 0) is 10.2 Å². The summed E-state index contributed by atoms with van der Waals surface area (Å²) in [7, 11) is -0.151. The molecule has 4 rings (SSSR count). The van der Waals surface area contributed by atoms with E-state index in [-0.39, 0.29) is 6.04 Å². The minimum absolute atomic E-state index is 0.219. The van der Waals surface area contributed by atoms with Crippen LogP contribution >= 0.6 is 0 Å². The summed E-state index contributed by atoms with van der Waals surface area (Å²) in [5.41, 5.74) is 5.25. The summed E-state index contributed by atoms with van der Waals surface area (Å²) < 4.78 is 27.6. The predicted molar refractivity (Wildman–Crippen MR) is 99.5 cm³/mol. The lowest BCUT2D eigenvalue weighted by atomic mass is 10.0. The van der Waals surface area contributed by atoms with Crippen molar-refractivity contribution in [1.82, 2.24) is 13.5 Å². The van der Waals surface area contributed by atoms with E-state index in [1.165, 1.54) is 26.6 Å². The van der Waals surface area contributed by atoms with Crippen molar-refractivity contribution < 1.29 is 8.42 Å². The van der Waals surface area contributed by atoms with Gasteiger partial charge in [0.15, 0.2) is 0 Å². The molecule has 0 atom stereocenters. The molecule has 0 aromatic heterocycles. The van der Waals surface area contributed by atoms with E-state index < -0.39 is 10.2 Å². The molecule has 1 aliphatic heterocycles. The van der Waals surface area contributed by atoms with Gasteiger partial charge in [0.05, 0.1) is 6.04 Å². The summed E-state index contributed by atoms with van der Waals surface area (Å²) in [5.74, 6) is 0. The summed E-state index contributed by atoms with van der Waals surface area (Å²) in [4.78, 5) is 2.41. The second-order valence-corrected chi connectivity index (χ2v) is 8.94. The van der Waals surface area contributed by atoms with Crippen molar-refractivity contribution in [3.8, 4) is 11.1 Å². The van der Waals surface area contributed by atoms with E-state index in [2.05, 4.69) is 53.4 Å². The van der Waals surface area contributed by atoms with Gasteiger partial charge in [-0.2, -0.15) is 17.0 Å². The summed E-state index contributed by atoms with van der Waals surface area (Å²) in [6.07, 6.45) is 0. The molecule has 2 aromatic carbocycles. The van der Waals surface area contributed by atoms with Crippen LogP contribution in [-0.4, -0.2) is 62.2 Å². The Morgan fingerprint density at radius 2 is 1.32 bits per heavy atom. The molecule has 1 saturated heterocycles. The lowest BCUT2D eigenvalue weighted by molar-refractivity contribution is 0.154. The van der Waals surface area contributed by atoms with Crippen LogP contribution in [0.4, 0.5) is 0 Å². The Bertz CT molecular complexity index is 842. The van der Waals surface area contributed by atoms with Gasteiger partial charge in [0.1, 0.15) is 0 Å². The fourth-order valence-corrected chi connectivity index (χ4v) is 5.03. The highest BCUT2D eigenvalue weighted by molar-refractivity contribution is 7.86. The molecule has 1 aliphatic carbocycles. The molecule has 132 valence electrons. The van der Waals surface area contributed by atoms with Gasteiger partial charge < -0.3 is 0 Å². The average Bonchev–Trinajstić information content (AvgIpc) is 2.96. The maximum Gasteiger partial charge on any atom is 0.281 e. The van der Waals surface area contributed by atoms with Crippen LogP contribution in [0.3, 0.4) is 0 Å². The molecule has 0 saturated carbocycles. The van der Waals surface area contributed by atoms with Gasteiger partial charge in [0, 0.05) is 40.3 Å². The molecule has 0 unspecified atom stereocenters. The highest BCUT2D eigenvalue weighted by Crippen LogP contribution is 2.46.